The van der Waals surface area contributed by atoms with Crippen LogP contribution in [0.5, 0.6) is 5.75 Å². The Morgan fingerprint density at radius 2 is 2.19 bits per heavy atom. The van der Waals surface area contributed by atoms with E-state index in [9.17, 15) is 0 Å². The molecule has 1 aromatic heterocycles. The summed E-state index contributed by atoms with van der Waals surface area (Å²) >= 11 is 5.94. The minimum absolute atomic E-state index is 0.0120. The lowest BCUT2D eigenvalue weighted by atomic mass is 10.1. The van der Waals surface area contributed by atoms with Gasteiger partial charge in [0.25, 0.3) is 0 Å². The number of methoxy groups -OCH3 is 1. The molecule has 0 spiro atoms. The molecule has 1 aromatic carbocycles. The third-order valence-electron chi connectivity index (χ3n) is 4.08. The number of nitriles is 1. The van der Waals surface area contributed by atoms with Crippen LogP contribution in [0.2, 0.25) is 5.02 Å². The van der Waals surface area contributed by atoms with E-state index in [1.165, 1.54) is 0 Å². The van der Waals surface area contributed by atoms with Gasteiger partial charge in [0.05, 0.1) is 30.6 Å². The number of aromatic nitrogens is 2. The molecule has 0 N–H and O–H groups in total. The maximum Gasteiger partial charge on any atom is 0.232 e. The van der Waals surface area contributed by atoms with E-state index >= 15 is 0 Å². The van der Waals surface area contributed by atoms with E-state index in [2.05, 4.69) is 16.2 Å². The summed E-state index contributed by atoms with van der Waals surface area (Å²) in [7, 11) is 1.56. The van der Waals surface area contributed by atoms with Gasteiger partial charge < -0.3 is 9.26 Å². The van der Waals surface area contributed by atoms with Crippen molar-refractivity contribution in [3.05, 3.63) is 29.1 Å². The highest BCUT2D eigenvalue weighted by Gasteiger charge is 2.62. The Morgan fingerprint density at radius 1 is 1.43 bits per heavy atom. The highest BCUT2D eigenvalue weighted by atomic mass is 35.5. The summed E-state index contributed by atoms with van der Waals surface area (Å²) in [6.07, 6.45) is 0. The second-order valence-electron chi connectivity index (χ2n) is 5.71. The summed E-state index contributed by atoms with van der Waals surface area (Å²) in [5.74, 6) is 1.43. The second kappa shape index (κ2) is 4.74. The monoisotopic (exact) mass is 303 g/mol. The average molecular weight is 304 g/mol. The fourth-order valence-corrected chi connectivity index (χ4v) is 2.82. The Hall–Kier alpha value is -2.06. The van der Waals surface area contributed by atoms with Crippen molar-refractivity contribution in [2.24, 2.45) is 11.3 Å². The molecule has 6 heteroatoms. The highest BCUT2D eigenvalue weighted by molar-refractivity contribution is 6.30. The van der Waals surface area contributed by atoms with Crippen LogP contribution in [0.4, 0.5) is 0 Å². The van der Waals surface area contributed by atoms with Gasteiger partial charge >= 0.3 is 0 Å². The average Bonchev–Trinajstić information content (AvgIpc) is 2.81. The highest BCUT2D eigenvalue weighted by Crippen LogP contribution is 2.63. The molecule has 1 aliphatic carbocycles. The molecular weight excluding hydrogens is 290 g/mol. The van der Waals surface area contributed by atoms with Crippen LogP contribution in [0.15, 0.2) is 22.7 Å². The van der Waals surface area contributed by atoms with Gasteiger partial charge in [-0.1, -0.05) is 30.6 Å². The molecule has 2 unspecified atom stereocenters. The Labute approximate surface area is 127 Å². The van der Waals surface area contributed by atoms with E-state index in [0.29, 0.717) is 28.1 Å². The predicted molar refractivity (Wildman–Crippen MR) is 76.9 cm³/mol. The molecule has 2 atom stereocenters. The summed E-state index contributed by atoms with van der Waals surface area (Å²) in [6.45, 7) is 4.05. The van der Waals surface area contributed by atoms with Crippen LogP contribution in [-0.2, 0) is 0 Å². The summed E-state index contributed by atoms with van der Waals surface area (Å²) in [6, 6.07) is 7.52. The Kier molecular flexibility index (Phi) is 3.14. The van der Waals surface area contributed by atoms with Crippen molar-refractivity contribution in [3.8, 4) is 23.2 Å². The van der Waals surface area contributed by atoms with E-state index in [4.69, 9.17) is 26.1 Å². The summed E-state index contributed by atoms with van der Waals surface area (Å²) < 4.78 is 10.6. The molecule has 1 saturated carbocycles. The molecule has 21 heavy (non-hydrogen) atoms. The largest absolute Gasteiger partial charge is 0.496 e. The zero-order valence-corrected chi connectivity index (χ0v) is 12.7. The number of benzene rings is 1. The van der Waals surface area contributed by atoms with E-state index < -0.39 is 0 Å². The lowest BCUT2D eigenvalue weighted by Crippen LogP contribution is -1.91. The third-order valence-corrected chi connectivity index (χ3v) is 4.31. The maximum atomic E-state index is 9.14. The second-order valence-corrected chi connectivity index (χ2v) is 6.14. The fourth-order valence-electron chi connectivity index (χ4n) is 2.66. The molecule has 5 nitrogen and oxygen atoms in total. The normalized spacial score (nSPS) is 22.6. The van der Waals surface area contributed by atoms with Crippen molar-refractivity contribution in [2.75, 3.05) is 7.11 Å². The third kappa shape index (κ3) is 2.16. The van der Waals surface area contributed by atoms with Crippen LogP contribution in [-0.4, -0.2) is 17.3 Å². The van der Waals surface area contributed by atoms with Gasteiger partial charge in [0.15, 0.2) is 0 Å². The van der Waals surface area contributed by atoms with Crippen molar-refractivity contribution in [2.45, 2.75) is 19.8 Å². The van der Waals surface area contributed by atoms with Crippen molar-refractivity contribution in [1.29, 1.82) is 5.26 Å². The number of hydrogen-bond donors (Lipinski definition) is 0. The van der Waals surface area contributed by atoms with Crippen molar-refractivity contribution >= 4 is 11.6 Å². The molecule has 0 aliphatic heterocycles. The first-order valence-electron chi connectivity index (χ1n) is 6.56. The number of rotatable bonds is 3. The molecule has 3 rings (SSSR count). The first kappa shape index (κ1) is 13.9. The van der Waals surface area contributed by atoms with Gasteiger partial charge in [-0.05, 0) is 23.6 Å². The van der Waals surface area contributed by atoms with Crippen LogP contribution in [0, 0.1) is 22.7 Å². The zero-order valence-electron chi connectivity index (χ0n) is 11.9. The first-order chi connectivity index (χ1) is 9.98. The van der Waals surface area contributed by atoms with Gasteiger partial charge in [0, 0.05) is 5.02 Å². The topological polar surface area (TPSA) is 71.9 Å². The lowest BCUT2D eigenvalue weighted by Gasteiger charge is -2.04. The van der Waals surface area contributed by atoms with Gasteiger partial charge in [0.2, 0.25) is 11.7 Å². The SMILES string of the molecule is COc1cc(Cl)ccc1-c1noc(C2C(C#N)C2(C)C)n1. The summed E-state index contributed by atoms with van der Waals surface area (Å²) in [5.41, 5.74) is 0.590. The van der Waals surface area contributed by atoms with E-state index in [-0.39, 0.29) is 17.3 Å². The van der Waals surface area contributed by atoms with Gasteiger partial charge in [-0.15, -0.1) is 0 Å². The van der Waals surface area contributed by atoms with Crippen molar-refractivity contribution in [3.63, 3.8) is 0 Å². The van der Waals surface area contributed by atoms with Gasteiger partial charge in [-0.2, -0.15) is 10.2 Å². The first-order valence-corrected chi connectivity index (χ1v) is 6.94. The van der Waals surface area contributed by atoms with Crippen LogP contribution in [0.3, 0.4) is 0 Å². The molecule has 108 valence electrons. The summed E-state index contributed by atoms with van der Waals surface area (Å²) in [4.78, 5) is 4.42. The lowest BCUT2D eigenvalue weighted by molar-refractivity contribution is 0.367. The van der Waals surface area contributed by atoms with Gasteiger partial charge in [-0.25, -0.2) is 0 Å². The Balaban J connectivity index is 1.95. The standard InChI is InChI=1S/C15H14ClN3O2/c1-15(2)10(7-17)12(15)14-18-13(19-21-14)9-5-4-8(16)6-11(9)20-3/h4-6,10,12H,1-3H3. The number of halogens is 1. The molecule has 2 aromatic rings. The molecular formula is C15H14ClN3O2. The van der Waals surface area contributed by atoms with Gasteiger partial charge in [0.1, 0.15) is 5.75 Å². The quantitative estimate of drug-likeness (QED) is 0.865. The Bertz CT molecular complexity index is 733. The molecule has 0 radical (unpaired) electrons. The number of nitrogens with zero attached hydrogens (tertiary/aromatic N) is 3. The van der Waals surface area contributed by atoms with Gasteiger partial charge in [-0.3, -0.25) is 0 Å². The van der Waals surface area contributed by atoms with E-state index in [1.54, 1.807) is 25.3 Å². The number of hydrogen-bond acceptors (Lipinski definition) is 5. The van der Waals surface area contributed by atoms with Crippen LogP contribution in [0.1, 0.15) is 25.7 Å². The van der Waals surface area contributed by atoms with Crippen LogP contribution >= 0.6 is 11.6 Å². The molecule has 1 aliphatic rings. The molecule has 1 fully saturated rings. The summed E-state index contributed by atoms with van der Waals surface area (Å²) in [5, 5.41) is 13.7. The van der Waals surface area contributed by atoms with Crippen molar-refractivity contribution < 1.29 is 9.26 Å². The van der Waals surface area contributed by atoms with E-state index in [0.717, 1.165) is 0 Å². The minimum atomic E-state index is -0.122. The van der Waals surface area contributed by atoms with Crippen LogP contribution in [0.25, 0.3) is 11.4 Å². The number of ether oxygens (including phenoxy) is 1. The minimum Gasteiger partial charge on any atom is -0.496 e. The fraction of sp³-hybridized carbons (Fsp3) is 0.400. The van der Waals surface area contributed by atoms with Crippen LogP contribution < -0.4 is 4.74 Å². The maximum absolute atomic E-state index is 9.14. The molecule has 0 bridgehead atoms. The van der Waals surface area contributed by atoms with Crippen molar-refractivity contribution in [1.82, 2.24) is 10.1 Å². The zero-order chi connectivity index (χ0) is 15.2. The predicted octanol–water partition coefficient (Wildman–Crippen LogP) is 3.66. The molecule has 0 saturated heterocycles. The Morgan fingerprint density at radius 3 is 2.81 bits per heavy atom. The molecule has 1 heterocycles. The molecule has 0 amide bonds. The van der Waals surface area contributed by atoms with E-state index in [1.807, 2.05) is 13.8 Å². The smallest absolute Gasteiger partial charge is 0.232 e.